The lowest BCUT2D eigenvalue weighted by Gasteiger charge is -2.36. The molecule has 1 heterocycles. The Morgan fingerprint density at radius 3 is 2.53 bits per heavy atom. The fourth-order valence-corrected chi connectivity index (χ4v) is 3.55. The Morgan fingerprint density at radius 2 is 2.07 bits per heavy atom. The third-order valence-electron chi connectivity index (χ3n) is 4.69. The molecule has 3 atom stereocenters. The molecule has 2 saturated carbocycles. The Labute approximate surface area is 91.6 Å². The van der Waals surface area contributed by atoms with E-state index in [1.165, 1.54) is 38.6 Å². The highest BCUT2D eigenvalue weighted by atomic mass is 16.3. The van der Waals surface area contributed by atoms with E-state index < -0.39 is 5.60 Å². The second-order valence-corrected chi connectivity index (χ2v) is 5.84. The van der Waals surface area contributed by atoms with Crippen LogP contribution in [-0.4, -0.2) is 41.3 Å². The van der Waals surface area contributed by atoms with Crippen LogP contribution in [0.5, 0.6) is 0 Å². The van der Waals surface area contributed by atoms with E-state index in [4.69, 9.17) is 5.73 Å². The van der Waals surface area contributed by atoms with Crippen LogP contribution in [-0.2, 0) is 0 Å². The molecule has 3 heteroatoms. The molecule has 0 aromatic rings. The maximum atomic E-state index is 10.5. The van der Waals surface area contributed by atoms with Gasteiger partial charge in [-0.15, -0.1) is 0 Å². The van der Waals surface area contributed by atoms with E-state index in [0.717, 1.165) is 18.5 Å². The molecule has 0 aromatic carbocycles. The summed E-state index contributed by atoms with van der Waals surface area (Å²) in [5.74, 6) is 1.40. The van der Waals surface area contributed by atoms with E-state index in [-0.39, 0.29) is 0 Å². The van der Waals surface area contributed by atoms with Crippen LogP contribution in [0, 0.1) is 11.8 Å². The Bertz CT molecular complexity index is 254. The maximum absolute atomic E-state index is 10.5. The predicted octanol–water partition coefficient (Wildman–Crippen LogP) is 0.570. The fraction of sp³-hybridized carbons (Fsp3) is 1.00. The zero-order valence-corrected chi connectivity index (χ0v) is 9.36. The molecule has 0 amide bonds. The summed E-state index contributed by atoms with van der Waals surface area (Å²) in [7, 11) is 0. The van der Waals surface area contributed by atoms with Crippen molar-refractivity contribution in [2.75, 3.05) is 19.6 Å². The summed E-state index contributed by atoms with van der Waals surface area (Å²) in [5, 5.41) is 10.5. The molecule has 2 bridgehead atoms. The summed E-state index contributed by atoms with van der Waals surface area (Å²) in [6.07, 6.45) is 6.47. The van der Waals surface area contributed by atoms with Gasteiger partial charge in [0.05, 0.1) is 5.60 Å². The lowest BCUT2D eigenvalue weighted by molar-refractivity contribution is -0.0157. The fourth-order valence-electron chi connectivity index (χ4n) is 3.55. The van der Waals surface area contributed by atoms with Gasteiger partial charge < -0.3 is 10.8 Å². The topological polar surface area (TPSA) is 49.5 Å². The molecule has 3 nitrogen and oxygen atoms in total. The molecule has 3 aliphatic rings. The first-order valence-electron chi connectivity index (χ1n) is 6.38. The number of rotatable bonds is 4. The lowest BCUT2D eigenvalue weighted by atomic mass is 9.96. The summed E-state index contributed by atoms with van der Waals surface area (Å²) >= 11 is 0. The molecule has 1 saturated heterocycles. The minimum atomic E-state index is -0.579. The van der Waals surface area contributed by atoms with Crippen LogP contribution in [0.3, 0.4) is 0 Å². The molecule has 0 radical (unpaired) electrons. The van der Waals surface area contributed by atoms with Crippen molar-refractivity contribution in [3.63, 3.8) is 0 Å². The first-order valence-corrected chi connectivity index (χ1v) is 6.38. The molecule has 3 rings (SSSR count). The molecule has 0 aromatic heterocycles. The summed E-state index contributed by atoms with van der Waals surface area (Å²) in [4.78, 5) is 2.50. The van der Waals surface area contributed by atoms with Crippen molar-refractivity contribution in [3.8, 4) is 0 Å². The summed E-state index contributed by atoms with van der Waals surface area (Å²) < 4.78 is 0. The van der Waals surface area contributed by atoms with Gasteiger partial charge >= 0.3 is 0 Å². The van der Waals surface area contributed by atoms with Crippen molar-refractivity contribution in [2.45, 2.75) is 43.7 Å². The molecule has 0 spiro atoms. The average Bonchev–Trinajstić information content (AvgIpc) is 2.92. The number of β-amino-alcohol motifs (C(OH)–C–C–N with tert-alkyl or cyclic N) is 1. The Balaban J connectivity index is 1.64. The van der Waals surface area contributed by atoms with Crippen molar-refractivity contribution in [1.82, 2.24) is 4.90 Å². The first kappa shape index (κ1) is 10.1. The van der Waals surface area contributed by atoms with Gasteiger partial charge in [0.2, 0.25) is 0 Å². The highest BCUT2D eigenvalue weighted by Gasteiger charge is 2.47. The second-order valence-electron chi connectivity index (χ2n) is 5.84. The Morgan fingerprint density at radius 1 is 1.27 bits per heavy atom. The number of nitrogens with two attached hydrogens (primary N) is 1. The molecule has 1 aliphatic heterocycles. The van der Waals surface area contributed by atoms with E-state index in [9.17, 15) is 5.11 Å². The van der Waals surface area contributed by atoms with Crippen LogP contribution in [0.15, 0.2) is 0 Å². The molecular formula is C12H22N2O. The van der Waals surface area contributed by atoms with Gasteiger partial charge in [-0.3, -0.25) is 4.90 Å². The number of piperidine rings is 1. The van der Waals surface area contributed by atoms with Crippen LogP contribution in [0.1, 0.15) is 32.1 Å². The number of aliphatic hydroxyl groups is 1. The largest absolute Gasteiger partial charge is 0.387 e. The number of nitrogens with zero attached hydrogens (tertiary/aromatic N) is 1. The van der Waals surface area contributed by atoms with Crippen molar-refractivity contribution >= 4 is 0 Å². The summed E-state index contributed by atoms with van der Waals surface area (Å²) in [6, 6.07) is 0.756. The Hall–Kier alpha value is -0.120. The van der Waals surface area contributed by atoms with Crippen molar-refractivity contribution < 1.29 is 5.11 Å². The number of hydrogen-bond donors (Lipinski definition) is 2. The van der Waals surface area contributed by atoms with Gasteiger partial charge in [0.1, 0.15) is 0 Å². The lowest BCUT2D eigenvalue weighted by Crippen LogP contribution is -2.51. The van der Waals surface area contributed by atoms with Crippen molar-refractivity contribution in [2.24, 2.45) is 17.6 Å². The number of hydrogen-bond acceptors (Lipinski definition) is 3. The van der Waals surface area contributed by atoms with E-state index in [0.29, 0.717) is 12.5 Å². The smallest absolute Gasteiger partial charge is 0.0923 e. The van der Waals surface area contributed by atoms with Gasteiger partial charge in [0.25, 0.3) is 0 Å². The molecule has 3 unspecified atom stereocenters. The molecule has 3 fully saturated rings. The molecular weight excluding hydrogens is 188 g/mol. The minimum absolute atomic E-state index is 0.436. The Kier molecular flexibility index (Phi) is 2.31. The minimum Gasteiger partial charge on any atom is -0.387 e. The van der Waals surface area contributed by atoms with E-state index in [1.807, 2.05) is 0 Å². The second kappa shape index (κ2) is 3.44. The number of fused-ring (bicyclic) bond motifs is 2. The molecule has 3 N–H and O–H groups in total. The van der Waals surface area contributed by atoms with Crippen LogP contribution in [0.25, 0.3) is 0 Å². The monoisotopic (exact) mass is 210 g/mol. The first-order chi connectivity index (χ1) is 7.21. The van der Waals surface area contributed by atoms with E-state index >= 15 is 0 Å². The highest BCUT2D eigenvalue weighted by Crippen LogP contribution is 2.43. The normalized spacial score (nSPS) is 39.6. The van der Waals surface area contributed by atoms with Gasteiger partial charge in [-0.05, 0) is 43.9 Å². The van der Waals surface area contributed by atoms with Gasteiger partial charge in [0.15, 0.2) is 0 Å². The zero-order valence-electron chi connectivity index (χ0n) is 9.36. The van der Waals surface area contributed by atoms with Gasteiger partial charge in [0, 0.05) is 25.7 Å². The maximum Gasteiger partial charge on any atom is 0.0923 e. The third-order valence-corrected chi connectivity index (χ3v) is 4.69. The van der Waals surface area contributed by atoms with Crippen LogP contribution in [0.4, 0.5) is 0 Å². The standard InChI is InChI=1S/C12H22N2O/c13-7-12(15,10-2-3-10)8-14-6-9-1-4-11(14)5-9/h9-11,15H,1-8,13H2. The SMILES string of the molecule is NCC(O)(CN1CC2CCC1C2)C1CC1. The van der Waals surface area contributed by atoms with Gasteiger partial charge in [-0.1, -0.05) is 0 Å². The molecule has 2 aliphatic carbocycles. The third kappa shape index (κ3) is 1.71. The van der Waals surface area contributed by atoms with Crippen LogP contribution < -0.4 is 5.73 Å². The van der Waals surface area contributed by atoms with Crippen molar-refractivity contribution in [1.29, 1.82) is 0 Å². The highest BCUT2D eigenvalue weighted by molar-refractivity contribution is 5.01. The summed E-state index contributed by atoms with van der Waals surface area (Å²) in [5.41, 5.74) is 5.17. The van der Waals surface area contributed by atoms with Crippen molar-refractivity contribution in [3.05, 3.63) is 0 Å². The van der Waals surface area contributed by atoms with Gasteiger partial charge in [-0.25, -0.2) is 0 Å². The predicted molar refractivity (Wildman–Crippen MR) is 59.4 cm³/mol. The van der Waals surface area contributed by atoms with E-state index in [2.05, 4.69) is 4.90 Å². The van der Waals surface area contributed by atoms with Gasteiger partial charge in [-0.2, -0.15) is 0 Å². The molecule has 15 heavy (non-hydrogen) atoms. The van der Waals surface area contributed by atoms with Crippen LogP contribution in [0.2, 0.25) is 0 Å². The average molecular weight is 210 g/mol. The molecule has 86 valence electrons. The van der Waals surface area contributed by atoms with Crippen LogP contribution >= 0.6 is 0 Å². The quantitative estimate of drug-likeness (QED) is 0.713. The zero-order chi connectivity index (χ0) is 10.5. The number of likely N-dealkylation sites (tertiary alicyclic amines) is 1. The van der Waals surface area contributed by atoms with E-state index in [1.54, 1.807) is 0 Å². The summed E-state index contributed by atoms with van der Waals surface area (Å²) in [6.45, 7) is 2.47.